The van der Waals surface area contributed by atoms with Gasteiger partial charge in [-0.3, -0.25) is 14.4 Å². The fraction of sp³-hybridized carbons (Fsp3) is 0.904. The first-order valence-corrected chi connectivity index (χ1v) is 25.7. The zero-order valence-electron chi connectivity index (χ0n) is 39.1. The largest absolute Gasteiger partial charge is 0.462 e. The summed E-state index contributed by atoms with van der Waals surface area (Å²) in [6.07, 6.45) is 51.9. The number of rotatable bonds is 47. The number of carbonyl (C=O) groups is 3. The van der Waals surface area contributed by atoms with Crippen LogP contribution in [0.25, 0.3) is 0 Å². The Bertz CT molecular complexity index is 900. The first-order chi connectivity index (χ1) is 28.5. The maximum absolute atomic E-state index is 12.8. The minimum atomic E-state index is -0.770. The quantitative estimate of drug-likeness (QED) is 0.0263. The molecule has 342 valence electrons. The Kier molecular flexibility index (Phi) is 46.3. The molecule has 58 heavy (non-hydrogen) atoms. The molecule has 0 saturated carbocycles. The molecule has 1 unspecified atom stereocenters. The molecule has 0 saturated heterocycles. The van der Waals surface area contributed by atoms with Gasteiger partial charge in [0.25, 0.3) is 0 Å². The van der Waals surface area contributed by atoms with Crippen LogP contribution in [0.4, 0.5) is 0 Å². The minimum Gasteiger partial charge on any atom is -0.462 e. The van der Waals surface area contributed by atoms with Crippen molar-refractivity contribution in [2.45, 2.75) is 290 Å². The molecule has 0 aromatic heterocycles. The van der Waals surface area contributed by atoms with E-state index >= 15 is 0 Å². The van der Waals surface area contributed by atoms with Crippen molar-refractivity contribution >= 4 is 17.9 Å². The van der Waals surface area contributed by atoms with Crippen molar-refractivity contribution in [1.82, 2.24) is 0 Å². The van der Waals surface area contributed by atoms with Crippen LogP contribution >= 0.6 is 0 Å². The standard InChI is InChI=1S/C52H98O6/c1-4-7-10-13-16-19-22-25-26-28-30-33-36-39-42-45-51(54)57-48-49(47-56-50(53)44-41-38-35-32-29-24-21-18-15-12-9-6-3)58-52(55)46-43-40-37-34-31-27-23-20-17-14-11-8-5-2/h27,31,49H,4-26,28-30,32-48H2,1-3H3/b31-27-. The molecule has 0 rings (SSSR count). The van der Waals surface area contributed by atoms with E-state index in [1.165, 1.54) is 173 Å². The third-order valence-electron chi connectivity index (χ3n) is 11.5. The lowest BCUT2D eigenvalue weighted by molar-refractivity contribution is -0.167. The fourth-order valence-corrected chi connectivity index (χ4v) is 7.61. The van der Waals surface area contributed by atoms with Gasteiger partial charge >= 0.3 is 17.9 Å². The molecule has 6 nitrogen and oxygen atoms in total. The predicted molar refractivity (Wildman–Crippen MR) is 247 cm³/mol. The van der Waals surface area contributed by atoms with Gasteiger partial charge in [-0.15, -0.1) is 0 Å². The van der Waals surface area contributed by atoms with Gasteiger partial charge in [-0.2, -0.15) is 0 Å². The lowest BCUT2D eigenvalue weighted by Crippen LogP contribution is -2.30. The molecule has 1 atom stereocenters. The van der Waals surface area contributed by atoms with Crippen LogP contribution in [0.5, 0.6) is 0 Å². The monoisotopic (exact) mass is 819 g/mol. The van der Waals surface area contributed by atoms with Crippen LogP contribution in [0.15, 0.2) is 12.2 Å². The maximum atomic E-state index is 12.8. The van der Waals surface area contributed by atoms with E-state index in [4.69, 9.17) is 14.2 Å². The molecule has 6 heteroatoms. The number of carbonyl (C=O) groups excluding carboxylic acids is 3. The molecule has 0 aliphatic heterocycles. The highest BCUT2D eigenvalue weighted by Crippen LogP contribution is 2.16. The molecule has 0 aliphatic rings. The average molecular weight is 819 g/mol. The normalized spacial score (nSPS) is 12.0. The van der Waals surface area contributed by atoms with E-state index in [2.05, 4.69) is 32.9 Å². The van der Waals surface area contributed by atoms with Gasteiger partial charge in [-0.1, -0.05) is 232 Å². The Morgan fingerprint density at radius 1 is 0.328 bits per heavy atom. The Morgan fingerprint density at radius 3 is 0.879 bits per heavy atom. The van der Waals surface area contributed by atoms with E-state index in [0.717, 1.165) is 70.6 Å². The van der Waals surface area contributed by atoms with Gasteiger partial charge in [0.1, 0.15) is 13.2 Å². The van der Waals surface area contributed by atoms with Crippen LogP contribution in [0.2, 0.25) is 0 Å². The number of unbranched alkanes of at least 4 members (excludes halogenated alkanes) is 34. The average Bonchev–Trinajstić information content (AvgIpc) is 3.22. The van der Waals surface area contributed by atoms with Crippen LogP contribution in [-0.2, 0) is 28.6 Å². The zero-order chi connectivity index (χ0) is 42.3. The highest BCUT2D eigenvalue weighted by Gasteiger charge is 2.19. The topological polar surface area (TPSA) is 78.9 Å². The number of esters is 3. The van der Waals surface area contributed by atoms with E-state index in [0.29, 0.717) is 19.3 Å². The highest BCUT2D eigenvalue weighted by atomic mass is 16.6. The number of hydrogen-bond acceptors (Lipinski definition) is 6. The van der Waals surface area contributed by atoms with Gasteiger partial charge in [0.05, 0.1) is 0 Å². The SMILES string of the molecule is CCCCCCCC/C=C\CCCCCC(=O)OC(COC(=O)CCCCCCCCCCCCCC)COC(=O)CCCCCCCCCCCCCCCCC. The van der Waals surface area contributed by atoms with E-state index in [1.807, 2.05) is 0 Å². The van der Waals surface area contributed by atoms with Crippen molar-refractivity contribution < 1.29 is 28.6 Å². The van der Waals surface area contributed by atoms with Gasteiger partial charge in [0.2, 0.25) is 0 Å². The molecule has 0 amide bonds. The number of ether oxygens (including phenoxy) is 3. The third-order valence-corrected chi connectivity index (χ3v) is 11.5. The smallest absolute Gasteiger partial charge is 0.306 e. The van der Waals surface area contributed by atoms with Crippen LogP contribution < -0.4 is 0 Å². The summed E-state index contributed by atoms with van der Waals surface area (Å²) in [4.78, 5) is 37.9. The predicted octanol–water partition coefficient (Wildman–Crippen LogP) is 16.6. The lowest BCUT2D eigenvalue weighted by Gasteiger charge is -2.18. The third kappa shape index (κ3) is 45.2. The van der Waals surface area contributed by atoms with E-state index in [9.17, 15) is 14.4 Å². The summed E-state index contributed by atoms with van der Waals surface area (Å²) in [5.41, 5.74) is 0. The van der Waals surface area contributed by atoms with Gasteiger partial charge in [0, 0.05) is 19.3 Å². The van der Waals surface area contributed by atoms with Crippen molar-refractivity contribution in [3.8, 4) is 0 Å². The summed E-state index contributed by atoms with van der Waals surface area (Å²) in [5, 5.41) is 0. The van der Waals surface area contributed by atoms with Gasteiger partial charge < -0.3 is 14.2 Å². The van der Waals surface area contributed by atoms with Crippen LogP contribution in [0.3, 0.4) is 0 Å². The van der Waals surface area contributed by atoms with Crippen molar-refractivity contribution in [3.05, 3.63) is 12.2 Å². The van der Waals surface area contributed by atoms with E-state index < -0.39 is 6.10 Å². The van der Waals surface area contributed by atoms with Crippen molar-refractivity contribution in [3.63, 3.8) is 0 Å². The summed E-state index contributed by atoms with van der Waals surface area (Å²) in [6.45, 7) is 6.65. The summed E-state index contributed by atoms with van der Waals surface area (Å²) < 4.78 is 16.8. The molecule has 0 aliphatic carbocycles. The van der Waals surface area contributed by atoms with Crippen molar-refractivity contribution in [2.75, 3.05) is 13.2 Å². The van der Waals surface area contributed by atoms with Crippen LogP contribution in [0.1, 0.15) is 284 Å². The zero-order valence-corrected chi connectivity index (χ0v) is 39.1. The molecular formula is C52H98O6. The van der Waals surface area contributed by atoms with Crippen molar-refractivity contribution in [1.29, 1.82) is 0 Å². The molecule has 0 aromatic carbocycles. The van der Waals surface area contributed by atoms with Crippen LogP contribution in [-0.4, -0.2) is 37.2 Å². The lowest BCUT2D eigenvalue weighted by atomic mass is 10.0. The molecule has 0 N–H and O–H groups in total. The minimum absolute atomic E-state index is 0.0708. The maximum Gasteiger partial charge on any atom is 0.306 e. The second kappa shape index (κ2) is 47.8. The fourth-order valence-electron chi connectivity index (χ4n) is 7.61. The van der Waals surface area contributed by atoms with Gasteiger partial charge in [-0.05, 0) is 44.9 Å². The Hall–Kier alpha value is -1.85. The molecule has 0 heterocycles. The Morgan fingerprint density at radius 2 is 0.569 bits per heavy atom. The Labute approximate surface area is 360 Å². The molecule has 0 spiro atoms. The Balaban J connectivity index is 4.33. The molecule has 0 bridgehead atoms. The van der Waals surface area contributed by atoms with E-state index in [-0.39, 0.29) is 31.1 Å². The van der Waals surface area contributed by atoms with Crippen molar-refractivity contribution in [2.24, 2.45) is 0 Å². The molecule has 0 radical (unpaired) electrons. The molecule has 0 fully saturated rings. The van der Waals surface area contributed by atoms with E-state index in [1.54, 1.807) is 0 Å². The number of hydrogen-bond donors (Lipinski definition) is 0. The van der Waals surface area contributed by atoms with Crippen LogP contribution in [0, 0.1) is 0 Å². The van der Waals surface area contributed by atoms with Gasteiger partial charge in [-0.25, -0.2) is 0 Å². The summed E-state index contributed by atoms with van der Waals surface area (Å²) >= 11 is 0. The second-order valence-corrected chi connectivity index (χ2v) is 17.4. The summed E-state index contributed by atoms with van der Waals surface area (Å²) in [7, 11) is 0. The summed E-state index contributed by atoms with van der Waals surface area (Å²) in [5.74, 6) is -0.871. The summed E-state index contributed by atoms with van der Waals surface area (Å²) in [6, 6.07) is 0. The highest BCUT2D eigenvalue weighted by molar-refractivity contribution is 5.71. The molecular weight excluding hydrogens is 721 g/mol. The first-order valence-electron chi connectivity index (χ1n) is 25.7. The first kappa shape index (κ1) is 56.1. The number of allylic oxidation sites excluding steroid dienone is 2. The second-order valence-electron chi connectivity index (χ2n) is 17.4. The molecule has 0 aromatic rings. The van der Waals surface area contributed by atoms with Gasteiger partial charge in [0.15, 0.2) is 6.10 Å².